The zero-order valence-corrected chi connectivity index (χ0v) is 14.5. The molecule has 0 saturated heterocycles. The molecule has 0 aromatic heterocycles. The largest absolute Gasteiger partial charge is 0.0622 e. The molecule has 0 fully saturated rings. The third-order valence-electron chi connectivity index (χ3n) is 1.82. The van der Waals surface area contributed by atoms with Crippen LogP contribution in [0.15, 0.2) is 91.0 Å². The molecule has 0 spiro atoms. The van der Waals surface area contributed by atoms with E-state index in [1.165, 1.54) is 0 Å². The summed E-state index contributed by atoms with van der Waals surface area (Å²) in [6, 6.07) is 37.5. The Labute approximate surface area is 137 Å². The molecule has 0 amide bonds. The Morgan fingerprint density at radius 2 is 0.579 bits per heavy atom. The fourth-order valence-corrected chi connectivity index (χ4v) is 1.03. The van der Waals surface area contributed by atoms with Crippen LogP contribution >= 0.6 is 0 Å². The minimum Gasteiger partial charge on any atom is -0.0622 e. The number of hydrogen-bond acceptors (Lipinski definition) is 0. The molecule has 3 aromatic rings. The maximum absolute atomic E-state index is 2.89. The fraction of sp³-hybridized carbons (Fsp3) is 0. The predicted octanol–water partition coefficient (Wildman–Crippen LogP) is 4.33. The van der Waals surface area contributed by atoms with Gasteiger partial charge in [0.05, 0.1) is 0 Å². The van der Waals surface area contributed by atoms with Gasteiger partial charge in [-0.2, -0.15) is 0 Å². The van der Waals surface area contributed by atoms with Crippen LogP contribution in [-0.4, -0.2) is 27.3 Å². The quantitative estimate of drug-likeness (QED) is 0.457. The molecule has 0 unspecified atom stereocenters. The molecule has 93 valence electrons. The van der Waals surface area contributed by atoms with Gasteiger partial charge in [-0.3, -0.25) is 0 Å². The molecule has 0 nitrogen and oxygen atoms in total. The van der Waals surface area contributed by atoms with Gasteiger partial charge in [-0.1, -0.05) is 91.0 Å². The Bertz CT molecular complexity index is 302. The molecule has 7 radical (unpaired) electrons. The van der Waals surface area contributed by atoms with Gasteiger partial charge < -0.3 is 0 Å². The molecular formula is C18H17Pb. The van der Waals surface area contributed by atoms with E-state index in [9.17, 15) is 0 Å². The predicted molar refractivity (Wildman–Crippen MR) is 83.7 cm³/mol. The molecule has 0 aliphatic heterocycles. The molecular weight excluding hydrogens is 423 g/mol. The smallest absolute Gasteiger partial charge is 0 e. The van der Waals surface area contributed by atoms with Crippen molar-refractivity contribution < 1.29 is 1.43 Å². The molecule has 3 rings (SSSR count). The first kappa shape index (κ1) is 17.6. The average Bonchev–Trinajstić information content (AvgIpc) is 2.54. The molecule has 0 atom stereocenters. The van der Waals surface area contributed by atoms with Gasteiger partial charge in [0.25, 0.3) is 0 Å². The van der Waals surface area contributed by atoms with E-state index >= 15 is 0 Å². The molecule has 0 bridgehead atoms. The van der Waals surface area contributed by atoms with Crippen molar-refractivity contribution in [1.82, 2.24) is 0 Å². The topological polar surface area (TPSA) is 0 Å². The van der Waals surface area contributed by atoms with Crippen molar-refractivity contribution in [2.75, 3.05) is 0 Å². The Morgan fingerprint density at radius 3 is 0.632 bits per heavy atom. The Hall–Kier alpha value is -1.42. The van der Waals surface area contributed by atoms with Crippen LogP contribution in [0.5, 0.6) is 0 Å². The molecule has 0 saturated carbocycles. The van der Waals surface area contributed by atoms with Gasteiger partial charge in [-0.25, -0.2) is 0 Å². The first-order valence-electron chi connectivity index (χ1n) is 5.73. The minimum atomic E-state index is 0. The van der Waals surface area contributed by atoms with Crippen LogP contribution in [0.1, 0.15) is 1.43 Å². The first-order chi connectivity index (χ1) is 9.00. The molecule has 0 heterocycles. The second-order valence-corrected chi connectivity index (χ2v) is 3.23. The maximum Gasteiger partial charge on any atom is 0 e. The molecule has 0 aliphatic rings. The summed E-state index contributed by atoms with van der Waals surface area (Å²) in [5.74, 6) is 0. The summed E-state index contributed by atoms with van der Waals surface area (Å²) < 4.78 is 0. The fourth-order valence-electron chi connectivity index (χ4n) is 1.03. The minimum absolute atomic E-state index is 0. The van der Waals surface area contributed by atoms with Gasteiger partial charge in [-0.15, -0.1) is 0 Å². The molecule has 3 aromatic carbocycles. The van der Waals surface area contributed by atoms with Crippen LogP contribution in [0.25, 0.3) is 0 Å². The first-order valence-corrected chi connectivity index (χ1v) is 5.73. The van der Waals surface area contributed by atoms with E-state index in [2.05, 4.69) is 18.2 Å². The van der Waals surface area contributed by atoms with Crippen molar-refractivity contribution in [3.05, 3.63) is 109 Å². The average molecular weight is 441 g/mol. The summed E-state index contributed by atoms with van der Waals surface area (Å²) in [7, 11) is 0. The van der Waals surface area contributed by atoms with Gasteiger partial charge >= 0.3 is 0 Å². The standard InChI is InChI=1S/3C6H5.Pb.H2/c3*1-2-4-6-5-3-1;;/h3*1-5H;;1H. The monoisotopic (exact) mass is 441 g/mol. The van der Waals surface area contributed by atoms with E-state index in [-0.39, 0.29) is 28.7 Å². The zero-order chi connectivity index (χ0) is 12.7. The van der Waals surface area contributed by atoms with Crippen molar-refractivity contribution in [2.24, 2.45) is 0 Å². The van der Waals surface area contributed by atoms with E-state index in [0.717, 1.165) is 0 Å². The van der Waals surface area contributed by atoms with Crippen LogP contribution in [0.2, 0.25) is 0 Å². The van der Waals surface area contributed by atoms with Crippen molar-refractivity contribution in [3.63, 3.8) is 0 Å². The third kappa shape index (κ3) is 12.8. The normalized spacial score (nSPS) is 7.58. The summed E-state index contributed by atoms with van der Waals surface area (Å²) in [4.78, 5) is 0. The van der Waals surface area contributed by atoms with Crippen molar-refractivity contribution >= 4 is 27.3 Å². The summed E-state index contributed by atoms with van der Waals surface area (Å²) in [6.07, 6.45) is 0. The summed E-state index contributed by atoms with van der Waals surface area (Å²) in [5.41, 5.74) is 0. The number of benzene rings is 3. The van der Waals surface area contributed by atoms with Crippen molar-refractivity contribution in [3.8, 4) is 0 Å². The van der Waals surface area contributed by atoms with E-state index in [0.29, 0.717) is 0 Å². The SMILES string of the molecule is [HH].[Pb].[c]1ccccc1.[c]1ccccc1.[c]1ccccc1. The zero-order valence-electron chi connectivity index (χ0n) is 10.7. The second-order valence-electron chi connectivity index (χ2n) is 3.23. The van der Waals surface area contributed by atoms with Gasteiger partial charge in [-0.05, 0) is 18.2 Å². The van der Waals surface area contributed by atoms with Gasteiger partial charge in [0.2, 0.25) is 0 Å². The van der Waals surface area contributed by atoms with Crippen LogP contribution < -0.4 is 0 Å². The van der Waals surface area contributed by atoms with E-state index in [1.54, 1.807) is 0 Å². The van der Waals surface area contributed by atoms with Crippen LogP contribution in [0.3, 0.4) is 0 Å². The van der Waals surface area contributed by atoms with Gasteiger partial charge in [0.15, 0.2) is 0 Å². The van der Waals surface area contributed by atoms with E-state index < -0.39 is 0 Å². The molecule has 1 heteroatoms. The van der Waals surface area contributed by atoms with E-state index in [1.807, 2.05) is 91.0 Å². The molecule has 0 N–H and O–H groups in total. The Morgan fingerprint density at radius 1 is 0.368 bits per heavy atom. The third-order valence-corrected chi connectivity index (χ3v) is 1.82. The second kappa shape index (κ2) is 14.6. The van der Waals surface area contributed by atoms with Crippen molar-refractivity contribution in [1.29, 1.82) is 0 Å². The Balaban J connectivity index is 0. The van der Waals surface area contributed by atoms with E-state index in [4.69, 9.17) is 0 Å². The van der Waals surface area contributed by atoms with Crippen LogP contribution in [0.4, 0.5) is 0 Å². The number of rotatable bonds is 0. The van der Waals surface area contributed by atoms with Gasteiger partial charge in [0.1, 0.15) is 0 Å². The Kier molecular flexibility index (Phi) is 13.5. The van der Waals surface area contributed by atoms with Gasteiger partial charge in [0, 0.05) is 28.7 Å². The summed E-state index contributed by atoms with van der Waals surface area (Å²) >= 11 is 0. The summed E-state index contributed by atoms with van der Waals surface area (Å²) in [5, 5.41) is 0. The van der Waals surface area contributed by atoms with Crippen LogP contribution in [0, 0.1) is 18.2 Å². The van der Waals surface area contributed by atoms with Crippen LogP contribution in [-0.2, 0) is 0 Å². The maximum atomic E-state index is 2.89. The molecule has 0 aliphatic carbocycles. The molecule has 19 heavy (non-hydrogen) atoms. The summed E-state index contributed by atoms with van der Waals surface area (Å²) in [6.45, 7) is 0. The number of hydrogen-bond donors (Lipinski definition) is 0. The van der Waals surface area contributed by atoms with Crippen molar-refractivity contribution in [2.45, 2.75) is 0 Å².